The first-order valence-electron chi connectivity index (χ1n) is 18.5. The zero-order chi connectivity index (χ0) is 36.6. The molecule has 0 N–H and O–H groups in total. The third-order valence-electron chi connectivity index (χ3n) is 10.3. The first-order chi connectivity index (χ1) is 27.2. The molecule has 4 nitrogen and oxygen atoms in total. The van der Waals surface area contributed by atoms with Crippen LogP contribution in [0, 0.1) is 0 Å². The molecule has 0 atom stereocenters. The predicted octanol–water partition coefficient (Wildman–Crippen LogP) is 13.0. The summed E-state index contributed by atoms with van der Waals surface area (Å²) in [5.41, 5.74) is 14.9. The van der Waals surface area contributed by atoms with Gasteiger partial charge in [-0.1, -0.05) is 133 Å². The summed E-state index contributed by atoms with van der Waals surface area (Å²) in [7, 11) is 0. The van der Waals surface area contributed by atoms with Crippen molar-refractivity contribution in [3.8, 4) is 73.0 Å². The van der Waals surface area contributed by atoms with Crippen LogP contribution in [-0.4, -0.2) is 19.5 Å². The van der Waals surface area contributed by atoms with E-state index in [9.17, 15) is 0 Å². The van der Waals surface area contributed by atoms with E-state index >= 15 is 0 Å². The van der Waals surface area contributed by atoms with Crippen LogP contribution < -0.4 is 0 Å². The van der Waals surface area contributed by atoms with Crippen molar-refractivity contribution in [3.05, 3.63) is 207 Å². The summed E-state index contributed by atoms with van der Waals surface area (Å²) in [6.45, 7) is 0. The van der Waals surface area contributed by atoms with Gasteiger partial charge in [0.15, 0.2) is 5.82 Å². The molecule has 0 aliphatic carbocycles. The molecule has 3 aromatic heterocycles. The van der Waals surface area contributed by atoms with Gasteiger partial charge in [-0.2, -0.15) is 0 Å². The maximum Gasteiger partial charge on any atom is 0.160 e. The second-order valence-corrected chi connectivity index (χ2v) is 13.7. The standard InChI is InChI=1S/C51H34N4/c1-4-13-35(14-5-1)36-22-24-37(25-23-36)47-33-48(54-51(53-47)38-15-6-2-7-16-38)43-30-41(29-42(31-43)40-17-12-28-52-34-40)39-26-27-50-46(32-39)45-20-10-11-21-49(45)55(50)44-18-8-3-9-19-44/h1-34H. The third kappa shape index (κ3) is 6.16. The van der Waals surface area contributed by atoms with E-state index in [1.165, 1.54) is 32.9 Å². The first kappa shape index (κ1) is 32.2. The van der Waals surface area contributed by atoms with Crippen LogP contribution in [0.15, 0.2) is 207 Å². The maximum atomic E-state index is 5.23. The molecule has 258 valence electrons. The fourth-order valence-electron chi connectivity index (χ4n) is 7.57. The highest BCUT2D eigenvalue weighted by molar-refractivity contribution is 6.10. The van der Waals surface area contributed by atoms with Gasteiger partial charge in [-0.25, -0.2) is 9.97 Å². The molecule has 7 aromatic carbocycles. The van der Waals surface area contributed by atoms with Crippen molar-refractivity contribution in [2.24, 2.45) is 0 Å². The molecule has 0 bridgehead atoms. The Morgan fingerprint density at radius 3 is 1.60 bits per heavy atom. The van der Waals surface area contributed by atoms with Gasteiger partial charge in [0.1, 0.15) is 0 Å². The summed E-state index contributed by atoms with van der Waals surface area (Å²) in [5.74, 6) is 0.684. The summed E-state index contributed by atoms with van der Waals surface area (Å²) >= 11 is 0. The topological polar surface area (TPSA) is 43.6 Å². The highest BCUT2D eigenvalue weighted by Crippen LogP contribution is 2.38. The first-order valence-corrected chi connectivity index (χ1v) is 18.5. The molecule has 0 fully saturated rings. The molecule has 0 spiro atoms. The van der Waals surface area contributed by atoms with E-state index in [0.29, 0.717) is 5.82 Å². The van der Waals surface area contributed by atoms with Gasteiger partial charge in [0.2, 0.25) is 0 Å². The number of aromatic nitrogens is 4. The molecule has 3 heterocycles. The minimum Gasteiger partial charge on any atom is -0.309 e. The van der Waals surface area contributed by atoms with Gasteiger partial charge in [0, 0.05) is 51.1 Å². The molecule has 10 aromatic rings. The molecule has 55 heavy (non-hydrogen) atoms. The summed E-state index contributed by atoms with van der Waals surface area (Å²) in [6.07, 6.45) is 3.74. The van der Waals surface area contributed by atoms with Crippen LogP contribution in [0.25, 0.3) is 94.8 Å². The second-order valence-electron chi connectivity index (χ2n) is 13.7. The van der Waals surface area contributed by atoms with Gasteiger partial charge in [-0.3, -0.25) is 4.98 Å². The van der Waals surface area contributed by atoms with Crippen LogP contribution in [0.1, 0.15) is 0 Å². The molecule has 10 rings (SSSR count). The van der Waals surface area contributed by atoms with Gasteiger partial charge in [0.05, 0.1) is 22.4 Å². The van der Waals surface area contributed by atoms with E-state index in [1.54, 1.807) is 0 Å². The minimum absolute atomic E-state index is 0.684. The van der Waals surface area contributed by atoms with Crippen molar-refractivity contribution in [1.29, 1.82) is 0 Å². The minimum atomic E-state index is 0.684. The smallest absolute Gasteiger partial charge is 0.160 e. The lowest BCUT2D eigenvalue weighted by molar-refractivity contribution is 1.18. The molecule has 0 aliphatic rings. The Bertz CT molecular complexity index is 2940. The number of fused-ring (bicyclic) bond motifs is 3. The lowest BCUT2D eigenvalue weighted by Crippen LogP contribution is -1.97. The molecule has 0 saturated heterocycles. The predicted molar refractivity (Wildman–Crippen MR) is 227 cm³/mol. The van der Waals surface area contributed by atoms with Crippen molar-refractivity contribution in [1.82, 2.24) is 19.5 Å². The zero-order valence-electron chi connectivity index (χ0n) is 29.9. The molecule has 0 saturated carbocycles. The van der Waals surface area contributed by atoms with Crippen molar-refractivity contribution in [2.75, 3.05) is 0 Å². The molecule has 4 heteroatoms. The normalized spacial score (nSPS) is 11.3. The summed E-state index contributed by atoms with van der Waals surface area (Å²) in [6, 6.07) is 68.4. The van der Waals surface area contributed by atoms with Crippen molar-refractivity contribution < 1.29 is 0 Å². The molecule has 0 radical (unpaired) electrons. The number of hydrogen-bond acceptors (Lipinski definition) is 3. The number of pyridine rings is 1. The highest BCUT2D eigenvalue weighted by Gasteiger charge is 2.16. The Hall–Kier alpha value is -7.43. The zero-order valence-corrected chi connectivity index (χ0v) is 29.9. The lowest BCUT2D eigenvalue weighted by Gasteiger charge is -2.14. The van der Waals surface area contributed by atoms with Gasteiger partial charge in [-0.15, -0.1) is 0 Å². The largest absolute Gasteiger partial charge is 0.309 e. The van der Waals surface area contributed by atoms with E-state index < -0.39 is 0 Å². The van der Waals surface area contributed by atoms with E-state index in [2.05, 4.69) is 173 Å². The summed E-state index contributed by atoms with van der Waals surface area (Å²) in [4.78, 5) is 14.8. The van der Waals surface area contributed by atoms with E-state index in [-0.39, 0.29) is 0 Å². The van der Waals surface area contributed by atoms with Crippen molar-refractivity contribution in [3.63, 3.8) is 0 Å². The van der Waals surface area contributed by atoms with Crippen LogP contribution in [0.3, 0.4) is 0 Å². The molecular weight excluding hydrogens is 669 g/mol. The molecular formula is C51H34N4. The van der Waals surface area contributed by atoms with E-state index in [1.807, 2.05) is 42.7 Å². The maximum absolute atomic E-state index is 5.23. The molecule has 0 unspecified atom stereocenters. The Labute approximate surface area is 319 Å². The third-order valence-corrected chi connectivity index (χ3v) is 10.3. The van der Waals surface area contributed by atoms with E-state index in [0.717, 1.165) is 56.0 Å². The number of nitrogens with zero attached hydrogens (tertiary/aromatic N) is 4. The average Bonchev–Trinajstić information content (AvgIpc) is 3.61. The number of rotatable bonds is 7. The van der Waals surface area contributed by atoms with Crippen molar-refractivity contribution in [2.45, 2.75) is 0 Å². The van der Waals surface area contributed by atoms with Crippen LogP contribution >= 0.6 is 0 Å². The summed E-state index contributed by atoms with van der Waals surface area (Å²) in [5, 5.41) is 2.43. The Balaban J connectivity index is 1.15. The van der Waals surface area contributed by atoms with Gasteiger partial charge >= 0.3 is 0 Å². The monoisotopic (exact) mass is 702 g/mol. The molecule has 0 amide bonds. The van der Waals surface area contributed by atoms with Crippen LogP contribution in [-0.2, 0) is 0 Å². The fourth-order valence-corrected chi connectivity index (χ4v) is 7.57. The quantitative estimate of drug-likeness (QED) is 0.166. The Morgan fingerprint density at radius 2 is 0.873 bits per heavy atom. The highest BCUT2D eigenvalue weighted by atomic mass is 15.0. The molecule has 0 aliphatic heterocycles. The Kier molecular flexibility index (Phi) is 8.12. The number of benzene rings is 7. The summed E-state index contributed by atoms with van der Waals surface area (Å²) < 4.78 is 2.35. The second kappa shape index (κ2) is 13.8. The van der Waals surface area contributed by atoms with Crippen molar-refractivity contribution >= 4 is 21.8 Å². The van der Waals surface area contributed by atoms with Gasteiger partial charge in [0.25, 0.3) is 0 Å². The van der Waals surface area contributed by atoms with E-state index in [4.69, 9.17) is 9.97 Å². The van der Waals surface area contributed by atoms with Crippen LogP contribution in [0.2, 0.25) is 0 Å². The fraction of sp³-hybridized carbons (Fsp3) is 0. The van der Waals surface area contributed by atoms with Crippen LogP contribution in [0.4, 0.5) is 0 Å². The lowest BCUT2D eigenvalue weighted by atomic mass is 9.94. The van der Waals surface area contributed by atoms with Gasteiger partial charge in [-0.05, 0) is 88.5 Å². The SMILES string of the molecule is c1ccc(-c2ccc(-c3cc(-c4cc(-c5cccnc5)cc(-c5ccc6c(c5)c5ccccc5n6-c5ccccc5)c4)nc(-c4ccccc4)n3)cc2)cc1. The number of para-hydroxylation sites is 2. The number of hydrogen-bond donors (Lipinski definition) is 0. The van der Waals surface area contributed by atoms with Crippen LogP contribution in [0.5, 0.6) is 0 Å². The van der Waals surface area contributed by atoms with Gasteiger partial charge < -0.3 is 4.57 Å². The Morgan fingerprint density at radius 1 is 0.327 bits per heavy atom. The average molecular weight is 703 g/mol.